The molecule has 7 heteroatoms. The smallest absolute Gasteiger partial charge is 0.258 e. The van der Waals surface area contributed by atoms with Crippen LogP contribution in [0.3, 0.4) is 0 Å². The Labute approximate surface area is 113 Å². The minimum Gasteiger partial charge on any atom is -0.379 e. The molecule has 7 nitrogen and oxygen atoms in total. The van der Waals surface area contributed by atoms with Crippen LogP contribution in [0.15, 0.2) is 42.0 Å². The van der Waals surface area contributed by atoms with Crippen LogP contribution in [0.1, 0.15) is 10.4 Å². The van der Waals surface area contributed by atoms with E-state index in [0.29, 0.717) is 6.08 Å². The molecule has 0 heterocycles. The summed E-state index contributed by atoms with van der Waals surface area (Å²) in [6.07, 6.45) is -2.11. The number of benzene rings is 1. The van der Waals surface area contributed by atoms with Gasteiger partial charge in [-0.1, -0.05) is 30.3 Å². The number of ketones is 2. The zero-order valence-corrected chi connectivity index (χ0v) is 10.1. The number of aliphatic hydroxyl groups is 5. The molecular formula is C13H12O7. The maximum absolute atomic E-state index is 12.1. The predicted molar refractivity (Wildman–Crippen MR) is 64.2 cm³/mol. The molecule has 0 amide bonds. The van der Waals surface area contributed by atoms with Gasteiger partial charge in [-0.05, 0) is 6.08 Å². The van der Waals surface area contributed by atoms with E-state index < -0.39 is 34.8 Å². The van der Waals surface area contributed by atoms with Crippen LogP contribution < -0.4 is 0 Å². The molecule has 0 saturated heterocycles. The highest BCUT2D eigenvalue weighted by atomic mass is 16.5. The molecule has 1 atom stereocenters. The van der Waals surface area contributed by atoms with Gasteiger partial charge in [-0.2, -0.15) is 0 Å². The van der Waals surface area contributed by atoms with E-state index in [-0.39, 0.29) is 5.56 Å². The van der Waals surface area contributed by atoms with Gasteiger partial charge in [-0.3, -0.25) is 9.59 Å². The van der Waals surface area contributed by atoms with Gasteiger partial charge in [-0.25, -0.2) is 0 Å². The minimum absolute atomic E-state index is 0.0196. The molecule has 0 bridgehead atoms. The Hall–Kier alpha value is -1.90. The van der Waals surface area contributed by atoms with Crippen molar-refractivity contribution >= 4 is 11.6 Å². The lowest BCUT2D eigenvalue weighted by Crippen LogP contribution is -2.60. The Morgan fingerprint density at radius 1 is 1.05 bits per heavy atom. The van der Waals surface area contributed by atoms with E-state index in [0.717, 1.165) is 0 Å². The second-order valence-corrected chi connectivity index (χ2v) is 4.48. The standard InChI is InChI=1S/C13H12O7/c14-9(7-4-2-1-3-5-7)8-6-12(17,18)10(15)11(16)13(8,19)20/h1-6,10,15,17-20H. The zero-order chi connectivity index (χ0) is 15.1. The van der Waals surface area contributed by atoms with Gasteiger partial charge < -0.3 is 25.5 Å². The molecule has 106 valence electrons. The Balaban J connectivity index is 2.54. The van der Waals surface area contributed by atoms with Gasteiger partial charge in [0.25, 0.3) is 5.79 Å². The van der Waals surface area contributed by atoms with Crippen LogP contribution in [0, 0.1) is 0 Å². The number of hydrogen-bond donors (Lipinski definition) is 5. The van der Waals surface area contributed by atoms with Gasteiger partial charge in [0, 0.05) is 5.56 Å². The molecule has 1 aliphatic rings. The van der Waals surface area contributed by atoms with Crippen molar-refractivity contribution in [2.24, 2.45) is 0 Å². The summed E-state index contributed by atoms with van der Waals surface area (Å²) < 4.78 is 0. The number of hydrogen-bond acceptors (Lipinski definition) is 7. The number of carbonyl (C=O) groups is 2. The fourth-order valence-corrected chi connectivity index (χ4v) is 1.88. The van der Waals surface area contributed by atoms with Gasteiger partial charge >= 0.3 is 0 Å². The monoisotopic (exact) mass is 280 g/mol. The van der Waals surface area contributed by atoms with Crippen LogP contribution in [0.5, 0.6) is 0 Å². The van der Waals surface area contributed by atoms with Crippen molar-refractivity contribution < 1.29 is 35.1 Å². The van der Waals surface area contributed by atoms with E-state index >= 15 is 0 Å². The highest BCUT2D eigenvalue weighted by Gasteiger charge is 2.55. The van der Waals surface area contributed by atoms with Crippen molar-refractivity contribution in [2.45, 2.75) is 17.7 Å². The van der Waals surface area contributed by atoms with Crippen molar-refractivity contribution in [3.05, 3.63) is 47.5 Å². The maximum atomic E-state index is 12.1. The van der Waals surface area contributed by atoms with Crippen LogP contribution >= 0.6 is 0 Å². The number of Topliss-reactive ketones (excluding diaryl/α,β-unsaturated/α-hetero) is 2. The summed E-state index contributed by atoms with van der Waals surface area (Å²) in [5, 5.41) is 47.5. The Morgan fingerprint density at radius 3 is 2.15 bits per heavy atom. The van der Waals surface area contributed by atoms with E-state index in [2.05, 4.69) is 0 Å². The molecule has 0 aliphatic heterocycles. The van der Waals surface area contributed by atoms with Crippen LogP contribution in [0.4, 0.5) is 0 Å². The summed E-state index contributed by atoms with van der Waals surface area (Å²) >= 11 is 0. The summed E-state index contributed by atoms with van der Waals surface area (Å²) in [5.41, 5.74) is -0.907. The molecule has 0 fully saturated rings. The van der Waals surface area contributed by atoms with Crippen LogP contribution in [0.2, 0.25) is 0 Å². The first-order chi connectivity index (χ1) is 9.18. The first-order valence-electron chi connectivity index (χ1n) is 5.63. The quantitative estimate of drug-likeness (QED) is 0.315. The lowest BCUT2D eigenvalue weighted by atomic mass is 9.82. The lowest BCUT2D eigenvalue weighted by Gasteiger charge is -2.35. The molecule has 0 saturated carbocycles. The van der Waals surface area contributed by atoms with Crippen molar-refractivity contribution in [3.8, 4) is 0 Å². The van der Waals surface area contributed by atoms with Crippen LogP contribution in [-0.2, 0) is 4.79 Å². The van der Waals surface area contributed by atoms with Crippen molar-refractivity contribution in [1.29, 1.82) is 0 Å². The lowest BCUT2D eigenvalue weighted by molar-refractivity contribution is -0.226. The van der Waals surface area contributed by atoms with Gasteiger partial charge in [0.15, 0.2) is 11.9 Å². The van der Waals surface area contributed by atoms with E-state index in [4.69, 9.17) is 0 Å². The minimum atomic E-state index is -3.29. The van der Waals surface area contributed by atoms with E-state index in [1.165, 1.54) is 24.3 Å². The average Bonchev–Trinajstić information content (AvgIpc) is 2.42. The van der Waals surface area contributed by atoms with Crippen molar-refractivity contribution in [3.63, 3.8) is 0 Å². The maximum Gasteiger partial charge on any atom is 0.258 e. The predicted octanol–water partition coefficient (Wildman–Crippen LogP) is -1.90. The Bertz CT molecular complexity index is 586. The number of aliphatic hydroxyl groups excluding tert-OH is 1. The summed E-state index contributed by atoms with van der Waals surface area (Å²) in [5.74, 6) is -9.00. The molecule has 1 aliphatic carbocycles. The fraction of sp³-hybridized carbons (Fsp3) is 0.231. The summed E-state index contributed by atoms with van der Waals surface area (Å²) in [7, 11) is 0. The van der Waals surface area contributed by atoms with Crippen LogP contribution in [-0.4, -0.2) is 54.8 Å². The summed E-state index contributed by atoms with van der Waals surface area (Å²) in [6.45, 7) is 0. The SMILES string of the molecule is O=C(C1=CC(O)(O)C(O)C(=O)C1(O)O)c1ccccc1. The molecule has 1 aromatic rings. The largest absolute Gasteiger partial charge is 0.379 e. The normalized spacial score (nSPS) is 24.1. The molecule has 0 radical (unpaired) electrons. The van der Waals surface area contributed by atoms with Gasteiger partial charge in [-0.15, -0.1) is 0 Å². The van der Waals surface area contributed by atoms with Crippen molar-refractivity contribution in [2.75, 3.05) is 0 Å². The van der Waals surface area contributed by atoms with Crippen LogP contribution in [0.25, 0.3) is 0 Å². The first kappa shape index (κ1) is 14.5. The average molecular weight is 280 g/mol. The molecule has 2 rings (SSSR count). The Morgan fingerprint density at radius 2 is 1.60 bits per heavy atom. The zero-order valence-electron chi connectivity index (χ0n) is 10.1. The third-order valence-corrected chi connectivity index (χ3v) is 3.01. The number of carbonyl (C=O) groups excluding carboxylic acids is 2. The Kier molecular flexibility index (Phi) is 3.32. The summed E-state index contributed by atoms with van der Waals surface area (Å²) in [4.78, 5) is 23.7. The molecular weight excluding hydrogens is 268 g/mol. The van der Waals surface area contributed by atoms with E-state index in [1.807, 2.05) is 0 Å². The molecule has 1 unspecified atom stereocenters. The van der Waals surface area contributed by atoms with E-state index in [9.17, 15) is 35.1 Å². The third-order valence-electron chi connectivity index (χ3n) is 3.01. The highest BCUT2D eigenvalue weighted by Crippen LogP contribution is 2.31. The van der Waals surface area contributed by atoms with Crippen molar-refractivity contribution in [1.82, 2.24) is 0 Å². The topological polar surface area (TPSA) is 135 Å². The van der Waals surface area contributed by atoms with E-state index in [1.54, 1.807) is 6.07 Å². The van der Waals surface area contributed by atoms with Gasteiger partial charge in [0.05, 0.1) is 5.57 Å². The highest BCUT2D eigenvalue weighted by molar-refractivity contribution is 6.15. The third kappa shape index (κ3) is 2.17. The van der Waals surface area contributed by atoms with Gasteiger partial charge in [0.1, 0.15) is 0 Å². The number of rotatable bonds is 2. The molecule has 0 spiro atoms. The molecule has 20 heavy (non-hydrogen) atoms. The first-order valence-corrected chi connectivity index (χ1v) is 5.63. The summed E-state index contributed by atoms with van der Waals surface area (Å²) in [6, 6.07) is 7.34. The molecule has 0 aromatic heterocycles. The second kappa shape index (κ2) is 4.58. The molecule has 5 N–H and O–H groups in total. The second-order valence-electron chi connectivity index (χ2n) is 4.48. The van der Waals surface area contributed by atoms with Gasteiger partial charge in [0.2, 0.25) is 11.6 Å². The fourth-order valence-electron chi connectivity index (χ4n) is 1.88. The molecule has 1 aromatic carbocycles.